The van der Waals surface area contributed by atoms with E-state index < -0.39 is 0 Å². The Morgan fingerprint density at radius 1 is 1.15 bits per heavy atom. The maximum absolute atomic E-state index is 5.83. The van der Waals surface area contributed by atoms with Crippen molar-refractivity contribution < 1.29 is 18.9 Å². The van der Waals surface area contributed by atoms with Gasteiger partial charge in [0.05, 0.1) is 39.0 Å². The Morgan fingerprint density at radius 3 is 2.30 bits per heavy atom. The average molecular weight is 493 g/mol. The normalized spacial score (nSPS) is 19.2. The molecule has 1 aromatic rings. The van der Waals surface area contributed by atoms with Gasteiger partial charge in [0.2, 0.25) is 0 Å². The summed E-state index contributed by atoms with van der Waals surface area (Å²) in [6.45, 7) is 6.91. The second-order valence-electron chi connectivity index (χ2n) is 6.46. The number of benzene rings is 1. The van der Waals surface area contributed by atoms with Crippen LogP contribution in [0.25, 0.3) is 0 Å². The lowest BCUT2D eigenvalue weighted by Gasteiger charge is -2.24. The van der Waals surface area contributed by atoms with E-state index in [0.717, 1.165) is 44.1 Å². The molecule has 0 aromatic heterocycles. The van der Waals surface area contributed by atoms with Crippen LogP contribution in [0.3, 0.4) is 0 Å². The zero-order valence-corrected chi connectivity index (χ0v) is 19.2. The summed E-state index contributed by atoms with van der Waals surface area (Å²) in [4.78, 5) is 4.69. The van der Waals surface area contributed by atoms with Crippen molar-refractivity contribution >= 4 is 29.9 Å². The third-order valence-corrected chi connectivity index (χ3v) is 4.49. The molecule has 0 bridgehead atoms. The molecule has 0 spiro atoms. The molecule has 27 heavy (non-hydrogen) atoms. The first-order chi connectivity index (χ1) is 12.5. The van der Waals surface area contributed by atoms with Crippen LogP contribution in [0.15, 0.2) is 17.1 Å². The summed E-state index contributed by atoms with van der Waals surface area (Å²) in [5, 5.41) is 6.65. The predicted molar refractivity (Wildman–Crippen MR) is 118 cm³/mol. The van der Waals surface area contributed by atoms with Crippen LogP contribution in [-0.4, -0.2) is 52.6 Å². The van der Waals surface area contributed by atoms with E-state index in [2.05, 4.69) is 22.5 Å². The fraction of sp³-hybridized carbons (Fsp3) is 0.632. The fourth-order valence-corrected chi connectivity index (χ4v) is 2.98. The van der Waals surface area contributed by atoms with E-state index in [1.807, 2.05) is 19.1 Å². The van der Waals surface area contributed by atoms with Gasteiger partial charge in [-0.1, -0.05) is 0 Å². The highest BCUT2D eigenvalue weighted by atomic mass is 127. The molecule has 7 nitrogen and oxygen atoms in total. The van der Waals surface area contributed by atoms with Crippen LogP contribution in [0.1, 0.15) is 32.3 Å². The number of nitrogens with zero attached hydrogens (tertiary/aromatic N) is 1. The van der Waals surface area contributed by atoms with E-state index in [9.17, 15) is 0 Å². The quantitative estimate of drug-likeness (QED) is 0.330. The summed E-state index contributed by atoms with van der Waals surface area (Å²) in [5.41, 5.74) is 0.738. The molecule has 1 saturated heterocycles. The first-order valence-corrected chi connectivity index (χ1v) is 9.00. The number of methoxy groups -OCH3 is 3. The number of guanidine groups is 1. The van der Waals surface area contributed by atoms with Crippen molar-refractivity contribution in [3.63, 3.8) is 0 Å². The molecule has 1 unspecified atom stereocenters. The lowest BCUT2D eigenvalue weighted by atomic mass is 10.0. The summed E-state index contributed by atoms with van der Waals surface area (Å²) in [6, 6.07) is 3.67. The van der Waals surface area contributed by atoms with Crippen LogP contribution in [0.5, 0.6) is 17.2 Å². The molecule has 0 radical (unpaired) electrons. The van der Waals surface area contributed by atoms with Crippen molar-refractivity contribution in [2.75, 3.05) is 41.0 Å². The third-order valence-electron chi connectivity index (χ3n) is 4.49. The lowest BCUT2D eigenvalue weighted by molar-refractivity contribution is 0.0243. The minimum absolute atomic E-state index is 0. The standard InChI is InChI=1S/C19H31N3O4.HI/c1-6-20-18(22-13-19(2)8-7-9-26-19)21-12-15-16(24-4)10-14(23-3)11-17(15)25-5;/h10-11H,6-9,12-13H2,1-5H3,(H2,20,21,22);1H. The molecule has 0 saturated carbocycles. The van der Waals surface area contributed by atoms with Gasteiger partial charge < -0.3 is 29.6 Å². The minimum Gasteiger partial charge on any atom is -0.496 e. The molecule has 2 rings (SSSR count). The van der Waals surface area contributed by atoms with Crippen LogP contribution in [0, 0.1) is 0 Å². The maximum Gasteiger partial charge on any atom is 0.191 e. The van der Waals surface area contributed by atoms with Gasteiger partial charge in [0.25, 0.3) is 0 Å². The molecule has 1 fully saturated rings. The van der Waals surface area contributed by atoms with Crippen molar-refractivity contribution in [2.45, 2.75) is 38.8 Å². The Balaban J connectivity index is 0.00000364. The van der Waals surface area contributed by atoms with Crippen LogP contribution in [0.4, 0.5) is 0 Å². The van der Waals surface area contributed by atoms with Crippen molar-refractivity contribution in [3.8, 4) is 17.2 Å². The Kier molecular flexibility index (Phi) is 10.00. The number of halogens is 1. The molecule has 1 aliphatic heterocycles. The third kappa shape index (κ3) is 6.60. The molecule has 0 aliphatic carbocycles. The largest absolute Gasteiger partial charge is 0.496 e. The average Bonchev–Trinajstić information content (AvgIpc) is 3.10. The van der Waals surface area contributed by atoms with E-state index >= 15 is 0 Å². The Labute approximate surface area is 179 Å². The van der Waals surface area contributed by atoms with Crippen LogP contribution >= 0.6 is 24.0 Å². The van der Waals surface area contributed by atoms with E-state index in [-0.39, 0.29) is 29.6 Å². The number of ether oxygens (including phenoxy) is 4. The molecule has 8 heteroatoms. The summed E-state index contributed by atoms with van der Waals surface area (Å²) < 4.78 is 22.1. The zero-order valence-electron chi connectivity index (χ0n) is 16.9. The number of hydrogen-bond donors (Lipinski definition) is 2. The Hall–Kier alpha value is -1.42. The molecule has 1 aromatic carbocycles. The van der Waals surface area contributed by atoms with Gasteiger partial charge in [-0.05, 0) is 26.7 Å². The van der Waals surface area contributed by atoms with Crippen molar-refractivity contribution in [2.24, 2.45) is 4.99 Å². The lowest BCUT2D eigenvalue weighted by Crippen LogP contribution is -2.45. The summed E-state index contributed by atoms with van der Waals surface area (Å²) >= 11 is 0. The second-order valence-corrected chi connectivity index (χ2v) is 6.46. The number of aliphatic imine (C=N–C) groups is 1. The second kappa shape index (κ2) is 11.4. The monoisotopic (exact) mass is 493 g/mol. The van der Waals surface area contributed by atoms with E-state index in [1.165, 1.54) is 0 Å². The minimum atomic E-state index is -0.133. The molecule has 1 aliphatic rings. The van der Waals surface area contributed by atoms with Crippen LogP contribution in [-0.2, 0) is 11.3 Å². The van der Waals surface area contributed by atoms with Crippen molar-refractivity contribution in [3.05, 3.63) is 17.7 Å². The first kappa shape index (κ1) is 23.6. The number of nitrogens with one attached hydrogen (secondary N) is 2. The summed E-state index contributed by atoms with van der Waals surface area (Å²) in [6.07, 6.45) is 2.16. The van der Waals surface area contributed by atoms with Crippen molar-refractivity contribution in [1.82, 2.24) is 10.6 Å². The van der Waals surface area contributed by atoms with Crippen molar-refractivity contribution in [1.29, 1.82) is 0 Å². The summed E-state index contributed by atoms with van der Waals surface area (Å²) in [7, 11) is 4.87. The van der Waals surface area contributed by atoms with Gasteiger partial charge in [0.1, 0.15) is 17.2 Å². The first-order valence-electron chi connectivity index (χ1n) is 9.00. The van der Waals surface area contributed by atoms with Crippen LogP contribution in [0.2, 0.25) is 0 Å². The topological polar surface area (TPSA) is 73.3 Å². The zero-order chi connectivity index (χ0) is 19.0. The van der Waals surface area contributed by atoms with Crippen LogP contribution < -0.4 is 24.8 Å². The van der Waals surface area contributed by atoms with E-state index in [4.69, 9.17) is 18.9 Å². The molecular weight excluding hydrogens is 461 g/mol. The maximum atomic E-state index is 5.83. The highest BCUT2D eigenvalue weighted by Crippen LogP contribution is 2.34. The van der Waals surface area contributed by atoms with E-state index in [1.54, 1.807) is 21.3 Å². The van der Waals surface area contributed by atoms with Gasteiger partial charge >= 0.3 is 0 Å². The Morgan fingerprint density at radius 2 is 1.81 bits per heavy atom. The number of rotatable bonds is 8. The molecule has 1 atom stereocenters. The fourth-order valence-electron chi connectivity index (χ4n) is 2.98. The van der Waals surface area contributed by atoms with Gasteiger partial charge in [0, 0.05) is 31.8 Å². The molecule has 2 N–H and O–H groups in total. The van der Waals surface area contributed by atoms with Gasteiger partial charge in [-0.3, -0.25) is 0 Å². The van der Waals surface area contributed by atoms with Gasteiger partial charge in [0.15, 0.2) is 5.96 Å². The van der Waals surface area contributed by atoms with Gasteiger partial charge in [-0.2, -0.15) is 0 Å². The SMILES string of the molecule is CCNC(=NCc1c(OC)cc(OC)cc1OC)NCC1(C)CCCO1.I. The smallest absolute Gasteiger partial charge is 0.191 e. The van der Waals surface area contributed by atoms with Gasteiger partial charge in [-0.25, -0.2) is 4.99 Å². The summed E-state index contributed by atoms with van der Waals surface area (Å²) in [5.74, 6) is 2.80. The molecular formula is C19H32IN3O4. The molecule has 1 heterocycles. The highest BCUT2D eigenvalue weighted by molar-refractivity contribution is 14.0. The molecule has 0 amide bonds. The molecule has 154 valence electrons. The van der Waals surface area contributed by atoms with E-state index in [0.29, 0.717) is 23.8 Å². The highest BCUT2D eigenvalue weighted by Gasteiger charge is 2.29. The number of hydrogen-bond acceptors (Lipinski definition) is 5. The Bertz CT molecular complexity index is 594. The van der Waals surface area contributed by atoms with Gasteiger partial charge in [-0.15, -0.1) is 24.0 Å². The predicted octanol–water partition coefficient (Wildman–Crippen LogP) is 2.95.